The van der Waals surface area contributed by atoms with Gasteiger partial charge in [0.1, 0.15) is 0 Å². The molecule has 3 heterocycles. The number of guanidine groups is 1. The van der Waals surface area contributed by atoms with E-state index in [0.717, 1.165) is 69.5 Å². The third kappa shape index (κ3) is 5.88. The highest BCUT2D eigenvalue weighted by molar-refractivity contribution is 14.0. The van der Waals surface area contributed by atoms with Crippen LogP contribution in [0.5, 0.6) is 0 Å². The van der Waals surface area contributed by atoms with Crippen molar-refractivity contribution >= 4 is 47.2 Å². The van der Waals surface area contributed by atoms with Gasteiger partial charge < -0.3 is 20.3 Å². The van der Waals surface area contributed by atoms with Crippen molar-refractivity contribution in [2.75, 3.05) is 44.8 Å². The highest BCUT2D eigenvalue weighted by Crippen LogP contribution is 2.38. The molecule has 1 aromatic heterocycles. The Morgan fingerprint density at radius 3 is 2.78 bits per heavy atom. The summed E-state index contributed by atoms with van der Waals surface area (Å²) in [5.74, 6) is 0.843. The molecule has 2 aromatic rings. The van der Waals surface area contributed by atoms with Crippen LogP contribution >= 0.6 is 35.6 Å². The number of nitrogens with one attached hydrogen (secondary N) is 2. The summed E-state index contributed by atoms with van der Waals surface area (Å²) in [5, 5.41) is 12.4. The number of anilines is 1. The molecule has 32 heavy (non-hydrogen) atoms. The Morgan fingerprint density at radius 1 is 1.31 bits per heavy atom. The molecule has 2 saturated heterocycles. The van der Waals surface area contributed by atoms with E-state index in [2.05, 4.69) is 44.0 Å². The summed E-state index contributed by atoms with van der Waals surface area (Å²) in [6.07, 6.45) is 8.17. The second-order valence-electron chi connectivity index (χ2n) is 8.60. The summed E-state index contributed by atoms with van der Waals surface area (Å²) in [6, 6.07) is 8.53. The van der Waals surface area contributed by atoms with Gasteiger partial charge >= 0.3 is 0 Å². The van der Waals surface area contributed by atoms with Crippen LogP contribution in [0.15, 0.2) is 41.7 Å². The van der Waals surface area contributed by atoms with Crippen LogP contribution in [0.25, 0.3) is 0 Å². The number of nitrogens with zero attached hydrogens (tertiary/aromatic N) is 4. The highest BCUT2D eigenvalue weighted by Gasteiger charge is 2.36. The average molecular weight is 573 g/mol. The molecule has 0 aliphatic carbocycles. The molecule has 176 valence electrons. The monoisotopic (exact) mass is 572 g/mol. The summed E-state index contributed by atoms with van der Waals surface area (Å²) < 4.78 is 7.52. The van der Waals surface area contributed by atoms with Crippen LogP contribution in [0.1, 0.15) is 31.2 Å². The van der Waals surface area contributed by atoms with Crippen LogP contribution in [0.2, 0.25) is 5.02 Å². The van der Waals surface area contributed by atoms with Gasteiger partial charge in [0.05, 0.1) is 11.9 Å². The van der Waals surface area contributed by atoms with E-state index in [9.17, 15) is 0 Å². The first-order chi connectivity index (χ1) is 15.1. The predicted octanol–water partition coefficient (Wildman–Crippen LogP) is 3.57. The van der Waals surface area contributed by atoms with Crippen molar-refractivity contribution in [3.05, 3.63) is 47.2 Å². The zero-order valence-electron chi connectivity index (χ0n) is 18.9. The van der Waals surface area contributed by atoms with E-state index in [1.54, 1.807) is 0 Å². The number of halogens is 2. The van der Waals surface area contributed by atoms with E-state index >= 15 is 0 Å². The predicted molar refractivity (Wildman–Crippen MR) is 142 cm³/mol. The van der Waals surface area contributed by atoms with Crippen LogP contribution in [-0.4, -0.2) is 61.7 Å². The van der Waals surface area contributed by atoms with Gasteiger partial charge in [-0.2, -0.15) is 5.10 Å². The van der Waals surface area contributed by atoms with Gasteiger partial charge in [0.25, 0.3) is 0 Å². The van der Waals surface area contributed by atoms with Gasteiger partial charge in [-0.05, 0) is 37.3 Å². The third-order valence-electron chi connectivity index (χ3n) is 6.53. The lowest BCUT2D eigenvalue weighted by molar-refractivity contribution is 0.0514. The lowest BCUT2D eigenvalue weighted by atomic mass is 9.74. The van der Waals surface area contributed by atoms with Gasteiger partial charge in [0.2, 0.25) is 0 Å². The van der Waals surface area contributed by atoms with Crippen LogP contribution in [-0.2, 0) is 17.2 Å². The van der Waals surface area contributed by atoms with Gasteiger partial charge in [-0.25, -0.2) is 0 Å². The molecule has 1 unspecified atom stereocenters. The SMILES string of the molecule is CN=C(NCC1(c2ccccc2Cl)CCOCC1)NC1CCCN(c2cnn(C)c2)C1.I. The van der Waals surface area contributed by atoms with Crippen molar-refractivity contribution < 1.29 is 4.74 Å². The van der Waals surface area contributed by atoms with E-state index in [0.29, 0.717) is 6.04 Å². The Labute approximate surface area is 213 Å². The molecule has 0 saturated carbocycles. The standard InChI is InChI=1S/C23H33ClN6O.HI/c1-25-22(28-18-6-5-11-30(15-18)19-14-27-29(2)16-19)26-17-23(9-12-31-13-10-23)20-7-3-4-8-21(20)24;/h3-4,7-8,14,16,18H,5-6,9-13,15,17H2,1-2H3,(H2,25,26,28);1H. The molecular weight excluding hydrogens is 539 g/mol. The molecule has 0 spiro atoms. The molecule has 0 bridgehead atoms. The zero-order valence-corrected chi connectivity index (χ0v) is 22.0. The van der Waals surface area contributed by atoms with E-state index in [1.807, 2.05) is 37.1 Å². The van der Waals surface area contributed by atoms with E-state index in [4.69, 9.17) is 16.3 Å². The lowest BCUT2D eigenvalue weighted by Gasteiger charge is -2.39. The molecule has 4 rings (SSSR count). The first-order valence-electron chi connectivity index (χ1n) is 11.1. The Balaban J connectivity index is 0.00000289. The third-order valence-corrected chi connectivity index (χ3v) is 6.86. The number of piperidine rings is 1. The van der Waals surface area contributed by atoms with Gasteiger partial charge in [-0.1, -0.05) is 29.8 Å². The normalized spacial score (nSPS) is 21.0. The molecular formula is C23H34ClIN6O. The van der Waals surface area contributed by atoms with Gasteiger partial charge in [-0.15, -0.1) is 24.0 Å². The van der Waals surface area contributed by atoms with Crippen molar-refractivity contribution in [1.82, 2.24) is 20.4 Å². The summed E-state index contributed by atoms with van der Waals surface area (Å²) in [5.41, 5.74) is 2.32. The van der Waals surface area contributed by atoms with E-state index < -0.39 is 0 Å². The minimum absolute atomic E-state index is 0. The van der Waals surface area contributed by atoms with Gasteiger partial charge in [0.15, 0.2) is 5.96 Å². The molecule has 1 aromatic carbocycles. The molecule has 7 nitrogen and oxygen atoms in total. The van der Waals surface area contributed by atoms with Crippen molar-refractivity contribution in [2.45, 2.75) is 37.1 Å². The van der Waals surface area contributed by atoms with Crippen molar-refractivity contribution in [3.8, 4) is 0 Å². The minimum atomic E-state index is -0.0531. The molecule has 0 amide bonds. The van der Waals surface area contributed by atoms with E-state index in [-0.39, 0.29) is 29.4 Å². The number of ether oxygens (including phenoxy) is 1. The molecule has 2 fully saturated rings. The topological polar surface area (TPSA) is 66.7 Å². The van der Waals surface area contributed by atoms with Crippen LogP contribution < -0.4 is 15.5 Å². The first kappa shape index (κ1) is 25.1. The number of rotatable bonds is 5. The number of benzene rings is 1. The maximum Gasteiger partial charge on any atom is 0.191 e. The maximum atomic E-state index is 6.60. The second kappa shape index (κ2) is 11.6. The molecule has 9 heteroatoms. The largest absolute Gasteiger partial charge is 0.381 e. The minimum Gasteiger partial charge on any atom is -0.381 e. The van der Waals surface area contributed by atoms with Crippen molar-refractivity contribution in [2.24, 2.45) is 12.0 Å². The summed E-state index contributed by atoms with van der Waals surface area (Å²) in [4.78, 5) is 6.90. The Kier molecular flexibility index (Phi) is 9.07. The summed E-state index contributed by atoms with van der Waals surface area (Å²) in [6.45, 7) is 4.28. The fourth-order valence-corrected chi connectivity index (χ4v) is 5.07. The van der Waals surface area contributed by atoms with E-state index in [1.165, 1.54) is 11.3 Å². The summed E-state index contributed by atoms with van der Waals surface area (Å²) in [7, 11) is 3.79. The number of aliphatic imine (C=N–C) groups is 1. The molecule has 2 aliphatic rings. The van der Waals surface area contributed by atoms with Crippen LogP contribution in [0.4, 0.5) is 5.69 Å². The van der Waals surface area contributed by atoms with Crippen LogP contribution in [0.3, 0.4) is 0 Å². The van der Waals surface area contributed by atoms with Gasteiger partial charge in [-0.3, -0.25) is 9.67 Å². The number of hydrogen-bond acceptors (Lipinski definition) is 4. The quantitative estimate of drug-likeness (QED) is 0.326. The van der Waals surface area contributed by atoms with Crippen molar-refractivity contribution in [1.29, 1.82) is 0 Å². The highest BCUT2D eigenvalue weighted by atomic mass is 127. The molecule has 2 aliphatic heterocycles. The van der Waals surface area contributed by atoms with Crippen LogP contribution in [0, 0.1) is 0 Å². The Hall–Kier alpha value is -1.52. The van der Waals surface area contributed by atoms with Crippen molar-refractivity contribution in [3.63, 3.8) is 0 Å². The molecule has 1 atom stereocenters. The number of hydrogen-bond donors (Lipinski definition) is 2. The zero-order chi connectivity index (χ0) is 21.7. The van der Waals surface area contributed by atoms with Gasteiger partial charge in [0, 0.05) is 69.6 Å². The Morgan fingerprint density at radius 2 is 2.09 bits per heavy atom. The Bertz CT molecular complexity index is 898. The number of aromatic nitrogens is 2. The smallest absolute Gasteiger partial charge is 0.191 e. The lowest BCUT2D eigenvalue weighted by Crippen LogP contribution is -2.54. The summed E-state index contributed by atoms with van der Waals surface area (Å²) >= 11 is 6.60. The fourth-order valence-electron chi connectivity index (χ4n) is 4.74. The second-order valence-corrected chi connectivity index (χ2v) is 9.01. The first-order valence-corrected chi connectivity index (χ1v) is 11.5. The molecule has 2 N–H and O–H groups in total. The maximum absolute atomic E-state index is 6.60. The average Bonchev–Trinajstić information content (AvgIpc) is 3.24. The number of aryl methyl sites for hydroxylation is 1. The fraction of sp³-hybridized carbons (Fsp3) is 0.565. The molecule has 0 radical (unpaired) electrons.